The average molecular weight is 319 g/mol. The largest absolute Gasteiger partial charge is 0.394 e. The highest BCUT2D eigenvalue weighted by Crippen LogP contribution is 2.12. The van der Waals surface area contributed by atoms with E-state index >= 15 is 0 Å². The highest BCUT2D eigenvalue weighted by molar-refractivity contribution is 6.28. The fourth-order valence-electron chi connectivity index (χ4n) is 2.14. The van der Waals surface area contributed by atoms with Gasteiger partial charge in [-0.2, -0.15) is 0 Å². The molecule has 9 heteroatoms. The number of hydrogen-bond donors (Lipinski definition) is 3. The number of carbonyl (C=O) groups is 1. The maximum atomic E-state index is 12.0. The maximum absolute atomic E-state index is 12.0. The predicted octanol–water partition coefficient (Wildman–Crippen LogP) is -0.327. The molecular weight excluding hydrogens is 300 g/mol. The number of aryl methyl sites for hydroxylation is 1. The quantitative estimate of drug-likeness (QED) is 0.635. The summed E-state index contributed by atoms with van der Waals surface area (Å²) in [6.07, 6.45) is 1.19. The minimum atomic E-state index is -0.227. The van der Waals surface area contributed by atoms with Crippen LogP contribution < -0.4 is 5.32 Å². The third-order valence-corrected chi connectivity index (χ3v) is 3.34. The van der Waals surface area contributed by atoms with Gasteiger partial charge < -0.3 is 19.9 Å². The van der Waals surface area contributed by atoms with Crippen LogP contribution >= 0.6 is 11.6 Å². The van der Waals surface area contributed by atoms with Crippen LogP contribution in [0.15, 0.2) is 0 Å². The monoisotopic (exact) mass is 318 g/mol. The number of hydrogen-bond acceptors (Lipinski definition) is 6. The minimum absolute atomic E-state index is 0.0522. The van der Waals surface area contributed by atoms with Gasteiger partial charge in [-0.1, -0.05) is 0 Å². The van der Waals surface area contributed by atoms with Gasteiger partial charge in [-0.3, -0.25) is 9.89 Å². The molecule has 0 unspecified atom stereocenters. The molecule has 1 aliphatic heterocycles. The van der Waals surface area contributed by atoms with Crippen molar-refractivity contribution in [3.05, 3.63) is 11.1 Å². The number of aliphatic hydroxyl groups excluding tert-OH is 1. The molecule has 1 aliphatic rings. The topological polar surface area (TPSA) is 109 Å². The summed E-state index contributed by atoms with van der Waals surface area (Å²) in [6.45, 7) is 1.19. The van der Waals surface area contributed by atoms with E-state index < -0.39 is 0 Å². The molecule has 0 aliphatic carbocycles. The van der Waals surface area contributed by atoms with Crippen LogP contribution in [0, 0.1) is 0 Å². The van der Waals surface area contributed by atoms with Crippen molar-refractivity contribution in [3.63, 3.8) is 0 Å². The van der Waals surface area contributed by atoms with E-state index in [-0.39, 0.29) is 43.0 Å². The van der Waals surface area contributed by atoms with Crippen molar-refractivity contribution < 1.29 is 19.4 Å². The van der Waals surface area contributed by atoms with Crippen LogP contribution in [0.5, 0.6) is 0 Å². The Morgan fingerprint density at radius 1 is 1.62 bits per heavy atom. The van der Waals surface area contributed by atoms with Gasteiger partial charge >= 0.3 is 0 Å². The fourth-order valence-corrected chi connectivity index (χ4v) is 2.28. The van der Waals surface area contributed by atoms with Crippen LogP contribution in [0.1, 0.15) is 18.7 Å². The second-order valence-electron chi connectivity index (χ2n) is 4.72. The zero-order chi connectivity index (χ0) is 15.1. The van der Waals surface area contributed by atoms with Gasteiger partial charge in [0.05, 0.1) is 25.9 Å². The van der Waals surface area contributed by atoms with E-state index in [9.17, 15) is 4.79 Å². The Bertz CT molecular complexity index is 456. The van der Waals surface area contributed by atoms with Gasteiger partial charge in [0.25, 0.3) is 0 Å². The van der Waals surface area contributed by atoms with Gasteiger partial charge in [0.15, 0.2) is 0 Å². The van der Waals surface area contributed by atoms with Crippen molar-refractivity contribution in [1.82, 2.24) is 20.5 Å². The van der Waals surface area contributed by atoms with E-state index in [0.29, 0.717) is 31.9 Å². The van der Waals surface area contributed by atoms with E-state index in [1.165, 1.54) is 0 Å². The van der Waals surface area contributed by atoms with E-state index in [1.807, 2.05) is 0 Å². The Balaban J connectivity index is 1.76. The number of rotatable bonds is 7. The van der Waals surface area contributed by atoms with E-state index in [2.05, 4.69) is 20.5 Å². The molecule has 0 saturated carbocycles. The van der Waals surface area contributed by atoms with Gasteiger partial charge in [-0.25, -0.2) is 4.98 Å². The zero-order valence-corrected chi connectivity index (χ0v) is 12.3. The van der Waals surface area contributed by atoms with Crippen LogP contribution in [0.2, 0.25) is 5.28 Å². The third-order valence-electron chi connectivity index (χ3n) is 3.17. The second-order valence-corrected chi connectivity index (χ2v) is 5.06. The lowest BCUT2D eigenvalue weighted by Crippen LogP contribution is -2.50. The molecule has 1 aromatic rings. The molecule has 1 fully saturated rings. The fraction of sp³-hybridized carbons (Fsp3) is 0.750. The number of H-pyrrole nitrogens is 1. The van der Waals surface area contributed by atoms with Gasteiger partial charge in [0.2, 0.25) is 11.2 Å². The molecule has 0 spiro atoms. The molecule has 8 nitrogen and oxygen atoms in total. The summed E-state index contributed by atoms with van der Waals surface area (Å²) in [5.74, 6) is 0.488. The van der Waals surface area contributed by atoms with Crippen molar-refractivity contribution in [2.75, 3.05) is 26.4 Å². The Hall–Kier alpha value is -1.22. The molecule has 0 radical (unpaired) electrons. The molecule has 1 amide bonds. The Kier molecular flexibility index (Phi) is 6.37. The number of nitrogens with zero attached hydrogens (tertiary/aromatic N) is 2. The molecule has 1 saturated heterocycles. The van der Waals surface area contributed by atoms with Gasteiger partial charge in [-0.05, 0) is 18.0 Å². The lowest BCUT2D eigenvalue weighted by atomic mass is 10.1. The van der Waals surface area contributed by atoms with E-state index in [4.69, 9.17) is 26.2 Å². The number of carbonyl (C=O) groups excluding carboxylic acids is 1. The standard InChI is InChI=1S/C12H19ClN4O4/c13-12-15-10(16-17-12)1-2-11(19)14-8-3-5-20-7-9(8)21-6-4-18/h8-9,18H,1-7H2,(H,14,19)(H,15,16,17)/t8-,9-/m1/s1. The summed E-state index contributed by atoms with van der Waals surface area (Å²) in [5.41, 5.74) is 0. The van der Waals surface area contributed by atoms with Crippen molar-refractivity contribution in [2.24, 2.45) is 0 Å². The van der Waals surface area contributed by atoms with Gasteiger partial charge in [0.1, 0.15) is 11.9 Å². The maximum Gasteiger partial charge on any atom is 0.242 e. The number of aliphatic hydroxyl groups is 1. The number of nitrogens with one attached hydrogen (secondary N) is 2. The van der Waals surface area contributed by atoms with E-state index in [1.54, 1.807) is 0 Å². The Morgan fingerprint density at radius 3 is 3.19 bits per heavy atom. The minimum Gasteiger partial charge on any atom is -0.394 e. The third kappa shape index (κ3) is 5.24. The number of aromatic nitrogens is 3. The van der Waals surface area contributed by atoms with Crippen molar-refractivity contribution in [3.8, 4) is 0 Å². The molecule has 118 valence electrons. The van der Waals surface area contributed by atoms with Crippen molar-refractivity contribution in [2.45, 2.75) is 31.4 Å². The summed E-state index contributed by atoms with van der Waals surface area (Å²) in [5, 5.41) is 18.2. The lowest BCUT2D eigenvalue weighted by Gasteiger charge is -2.31. The summed E-state index contributed by atoms with van der Waals surface area (Å²) in [4.78, 5) is 15.9. The second kappa shape index (κ2) is 8.28. The van der Waals surface area contributed by atoms with Crippen LogP contribution in [0.25, 0.3) is 0 Å². The molecular formula is C12H19ClN4O4. The van der Waals surface area contributed by atoms with Crippen molar-refractivity contribution in [1.29, 1.82) is 0 Å². The van der Waals surface area contributed by atoms with Crippen LogP contribution in [0.3, 0.4) is 0 Å². The molecule has 0 bridgehead atoms. The van der Waals surface area contributed by atoms with Crippen LogP contribution in [-0.4, -0.2) is 64.8 Å². The highest BCUT2D eigenvalue weighted by atomic mass is 35.5. The smallest absolute Gasteiger partial charge is 0.242 e. The molecule has 2 rings (SSSR count). The number of aromatic amines is 1. The number of ether oxygens (including phenoxy) is 2. The molecule has 2 atom stereocenters. The predicted molar refractivity (Wildman–Crippen MR) is 73.9 cm³/mol. The summed E-state index contributed by atoms with van der Waals surface area (Å²) < 4.78 is 10.8. The number of amides is 1. The Morgan fingerprint density at radius 2 is 2.48 bits per heavy atom. The summed E-state index contributed by atoms with van der Waals surface area (Å²) in [7, 11) is 0. The van der Waals surface area contributed by atoms with E-state index in [0.717, 1.165) is 0 Å². The average Bonchev–Trinajstić information content (AvgIpc) is 2.90. The normalized spacial score (nSPS) is 22.2. The Labute approximate surface area is 127 Å². The first-order chi connectivity index (χ1) is 10.2. The molecule has 0 aromatic carbocycles. The summed E-state index contributed by atoms with van der Waals surface area (Å²) in [6, 6.07) is -0.101. The van der Waals surface area contributed by atoms with Gasteiger partial charge in [0, 0.05) is 19.4 Å². The molecule has 21 heavy (non-hydrogen) atoms. The number of halogens is 1. The van der Waals surface area contributed by atoms with Crippen LogP contribution in [0.4, 0.5) is 0 Å². The molecule has 2 heterocycles. The summed E-state index contributed by atoms with van der Waals surface area (Å²) >= 11 is 5.59. The van der Waals surface area contributed by atoms with Gasteiger partial charge in [-0.15, -0.1) is 5.10 Å². The SMILES string of the molecule is O=C(CCc1nc(Cl)n[nH]1)N[C@@H]1CCOC[C@H]1OCCO. The molecule has 3 N–H and O–H groups in total. The zero-order valence-electron chi connectivity index (χ0n) is 11.5. The highest BCUT2D eigenvalue weighted by Gasteiger charge is 2.27. The molecule has 1 aromatic heterocycles. The first kappa shape index (κ1) is 16.2. The van der Waals surface area contributed by atoms with Crippen LogP contribution in [-0.2, 0) is 20.7 Å². The first-order valence-electron chi connectivity index (χ1n) is 6.85. The lowest BCUT2D eigenvalue weighted by molar-refractivity contribution is -0.126. The van der Waals surface area contributed by atoms with Crippen molar-refractivity contribution >= 4 is 17.5 Å². The first-order valence-corrected chi connectivity index (χ1v) is 7.23.